The van der Waals surface area contributed by atoms with Gasteiger partial charge in [0, 0.05) is 17.2 Å². The predicted octanol–water partition coefficient (Wildman–Crippen LogP) is -2.11. The number of phenols is 1. The number of hydrogen-bond donors (Lipinski definition) is 11. The highest BCUT2D eigenvalue weighted by atomic mass is 16.7. The van der Waals surface area contributed by atoms with Crippen LogP contribution in [0.3, 0.4) is 0 Å². The first-order chi connectivity index (χ1) is 28.0. The molecule has 4 heterocycles. The molecule has 0 saturated carbocycles. The Labute approximate surface area is 336 Å². The zero-order valence-corrected chi connectivity index (χ0v) is 32.3. The van der Waals surface area contributed by atoms with Crippen LogP contribution in [0.1, 0.15) is 26.3 Å². The number of phenolic OH excluding ortho intramolecular Hbond substituents is 1. The van der Waals surface area contributed by atoms with Crippen molar-refractivity contribution in [1.82, 2.24) is 0 Å². The van der Waals surface area contributed by atoms with Gasteiger partial charge in [-0.1, -0.05) is 11.6 Å². The Kier molecular flexibility index (Phi) is 13.9. The van der Waals surface area contributed by atoms with Gasteiger partial charge in [0.2, 0.25) is 23.8 Å². The lowest BCUT2D eigenvalue weighted by atomic mass is 9.97. The number of ether oxygens (including phenoxy) is 7. The lowest BCUT2D eigenvalue weighted by Crippen LogP contribution is -2.64. The number of hydrogen-bond acceptors (Lipinski definition) is 20. The molecule has 326 valence electrons. The zero-order valence-electron chi connectivity index (χ0n) is 32.3. The van der Waals surface area contributed by atoms with Crippen molar-refractivity contribution in [2.75, 3.05) is 20.3 Å². The fourth-order valence-corrected chi connectivity index (χ4v) is 7.00. The smallest absolute Gasteiger partial charge is 0.239 e. The van der Waals surface area contributed by atoms with Crippen molar-refractivity contribution in [2.45, 2.75) is 119 Å². The van der Waals surface area contributed by atoms with E-state index in [2.05, 4.69) is 0 Å². The van der Waals surface area contributed by atoms with Gasteiger partial charge in [0.1, 0.15) is 95.4 Å². The van der Waals surface area contributed by atoms with E-state index in [4.69, 9.17) is 37.6 Å². The monoisotopic (exact) mass is 838 g/mol. The lowest BCUT2D eigenvalue weighted by molar-refractivity contribution is -0.350. The van der Waals surface area contributed by atoms with Crippen molar-refractivity contribution in [2.24, 2.45) is 0 Å². The van der Waals surface area contributed by atoms with Crippen LogP contribution in [-0.2, 0) is 25.4 Å². The van der Waals surface area contributed by atoms with Gasteiger partial charge in [-0.15, -0.1) is 0 Å². The molecule has 0 unspecified atom stereocenters. The van der Waals surface area contributed by atoms with Crippen LogP contribution < -0.4 is 19.6 Å². The molecule has 59 heavy (non-hydrogen) atoms. The van der Waals surface area contributed by atoms with Crippen molar-refractivity contribution in [3.05, 3.63) is 57.8 Å². The molecule has 3 aliphatic heterocycles. The molecule has 0 aliphatic carbocycles. The van der Waals surface area contributed by atoms with Gasteiger partial charge in [-0.2, -0.15) is 0 Å². The van der Waals surface area contributed by atoms with Gasteiger partial charge in [-0.3, -0.25) is 4.79 Å². The molecule has 0 spiro atoms. The van der Waals surface area contributed by atoms with E-state index in [0.29, 0.717) is 5.75 Å². The lowest BCUT2D eigenvalue weighted by Gasteiger charge is -2.45. The summed E-state index contributed by atoms with van der Waals surface area (Å²) in [7, 11) is 1.44. The summed E-state index contributed by atoms with van der Waals surface area (Å²) in [4.78, 5) is 14.6. The summed E-state index contributed by atoms with van der Waals surface area (Å²) < 4.78 is 46.2. The number of allylic oxidation sites excluding steroid dienone is 2. The highest BCUT2D eigenvalue weighted by Crippen LogP contribution is 2.42. The number of aromatic hydroxyl groups is 1. The van der Waals surface area contributed by atoms with E-state index in [1.165, 1.54) is 26.2 Å². The van der Waals surface area contributed by atoms with Crippen molar-refractivity contribution in [3.63, 3.8) is 0 Å². The van der Waals surface area contributed by atoms with Crippen LogP contribution in [0.4, 0.5) is 0 Å². The molecule has 3 saturated heterocycles. The highest BCUT2D eigenvalue weighted by molar-refractivity contribution is 5.91. The molecule has 0 amide bonds. The van der Waals surface area contributed by atoms with Crippen molar-refractivity contribution in [3.8, 4) is 34.3 Å². The average molecular weight is 839 g/mol. The third-order valence-corrected chi connectivity index (χ3v) is 10.5. The largest absolute Gasteiger partial charge is 0.507 e. The Morgan fingerprint density at radius 1 is 0.746 bits per heavy atom. The van der Waals surface area contributed by atoms with E-state index >= 15 is 0 Å². The van der Waals surface area contributed by atoms with Gasteiger partial charge < -0.3 is 93.7 Å². The molecule has 0 bridgehead atoms. The second-order valence-corrected chi connectivity index (χ2v) is 14.8. The maximum Gasteiger partial charge on any atom is 0.239 e. The Balaban J connectivity index is 1.45. The number of benzene rings is 2. The quantitative estimate of drug-likeness (QED) is 0.0870. The van der Waals surface area contributed by atoms with E-state index in [9.17, 15) is 61.0 Å². The van der Waals surface area contributed by atoms with Gasteiger partial charge in [0.15, 0.2) is 12.1 Å². The minimum Gasteiger partial charge on any atom is -0.507 e. The molecule has 6 rings (SSSR count). The maximum absolute atomic E-state index is 14.6. The summed E-state index contributed by atoms with van der Waals surface area (Å²) in [5.74, 6) is -1.30. The summed E-state index contributed by atoms with van der Waals surface area (Å²) in [5.41, 5.74) is -0.00688. The summed E-state index contributed by atoms with van der Waals surface area (Å²) in [6.07, 6.45) is -23.4. The number of methoxy groups -OCH3 is 1. The van der Waals surface area contributed by atoms with Gasteiger partial charge >= 0.3 is 0 Å². The minimum absolute atomic E-state index is 0.00783. The first-order valence-corrected chi connectivity index (χ1v) is 18.8. The molecule has 3 fully saturated rings. The van der Waals surface area contributed by atoms with Crippen LogP contribution >= 0.6 is 0 Å². The number of fused-ring (bicyclic) bond motifs is 1. The van der Waals surface area contributed by atoms with Gasteiger partial charge in [-0.05, 0) is 51.5 Å². The van der Waals surface area contributed by atoms with Crippen LogP contribution in [0.5, 0.6) is 23.0 Å². The molecular formula is C39H50O20. The third kappa shape index (κ3) is 8.79. The molecule has 11 N–H and O–H groups in total. The van der Waals surface area contributed by atoms with Crippen LogP contribution in [0, 0.1) is 0 Å². The second-order valence-electron chi connectivity index (χ2n) is 14.8. The first kappa shape index (κ1) is 44.6. The second kappa shape index (κ2) is 18.3. The average Bonchev–Trinajstić information content (AvgIpc) is 3.21. The van der Waals surface area contributed by atoms with Crippen molar-refractivity contribution >= 4 is 11.0 Å². The summed E-state index contributed by atoms with van der Waals surface area (Å²) in [6, 6.07) is 7.20. The number of aliphatic hydroxyl groups is 10. The number of rotatable bonds is 12. The van der Waals surface area contributed by atoms with Gasteiger partial charge in [-0.25, -0.2) is 0 Å². The fourth-order valence-electron chi connectivity index (χ4n) is 7.00. The molecule has 20 nitrogen and oxygen atoms in total. The normalized spacial score (nSPS) is 35.0. The Hall–Kier alpha value is -3.97. The standard InChI is InChI=1S/C39H50O20/c1-14(2)5-10-18-20(54-37-30(49)28(47)25(44)21(12-40)55-37)11-19(42)23-27(46)36(33(57-34(18)23)16-6-8-17(52-4)9-7-16)59-39-32(51)35(24(43)15(3)53-39)58-38-31(50)29(48)26(45)22(13-41)56-38/h5-9,11,15,21-22,24-26,28-32,35,37-45,47-51H,10,12-13H2,1-4H3/t15-,21-,22-,24-,25-,26-,28+,29+,30-,31-,32+,35+,37-,38+,39-/m1/s1. The molecule has 3 aliphatic rings. The fraction of sp³-hybridized carbons (Fsp3) is 0.564. The first-order valence-electron chi connectivity index (χ1n) is 18.8. The van der Waals surface area contributed by atoms with Crippen LogP contribution in [0.25, 0.3) is 22.3 Å². The highest BCUT2D eigenvalue weighted by Gasteiger charge is 2.51. The molecule has 0 radical (unpaired) electrons. The van der Waals surface area contributed by atoms with E-state index in [1.54, 1.807) is 32.1 Å². The zero-order chi connectivity index (χ0) is 43.0. The summed E-state index contributed by atoms with van der Waals surface area (Å²) >= 11 is 0. The summed E-state index contributed by atoms with van der Waals surface area (Å²) in [5, 5.41) is 116. The van der Waals surface area contributed by atoms with Crippen LogP contribution in [-0.4, -0.2) is 169 Å². The van der Waals surface area contributed by atoms with Crippen molar-refractivity contribution < 1.29 is 93.7 Å². The minimum atomic E-state index is -1.96. The predicted molar refractivity (Wildman–Crippen MR) is 199 cm³/mol. The molecule has 15 atom stereocenters. The molecular weight excluding hydrogens is 788 g/mol. The maximum atomic E-state index is 14.6. The summed E-state index contributed by atoms with van der Waals surface area (Å²) in [6.45, 7) is 3.48. The van der Waals surface area contributed by atoms with E-state index < -0.39 is 128 Å². The topological polar surface area (TPSA) is 317 Å². The number of aliphatic hydroxyl groups excluding tert-OH is 10. The van der Waals surface area contributed by atoms with Crippen LogP contribution in [0.15, 0.2) is 51.2 Å². The van der Waals surface area contributed by atoms with Crippen LogP contribution in [0.2, 0.25) is 0 Å². The third-order valence-electron chi connectivity index (χ3n) is 10.5. The molecule has 20 heteroatoms. The Morgan fingerprint density at radius 3 is 1.90 bits per heavy atom. The van der Waals surface area contributed by atoms with Crippen molar-refractivity contribution in [1.29, 1.82) is 0 Å². The SMILES string of the molecule is COc1ccc(-c2oc3c(CC=C(C)C)c(O[C@@H]4O[C@H](CO)[C@@H](O)[C@H](O)[C@H]4O)cc(O)c3c(=O)c2O[C@H]2O[C@H](C)[C@@H](O)[C@H](O[C@@H]3O[C@H](CO)[C@@H](O)[C@H](O)[C@H]3O)[C@@H]2O)cc1. The van der Waals surface area contributed by atoms with Gasteiger partial charge in [0.05, 0.1) is 26.4 Å². The van der Waals surface area contributed by atoms with E-state index in [0.717, 1.165) is 11.6 Å². The molecule has 2 aromatic carbocycles. The van der Waals surface area contributed by atoms with Gasteiger partial charge in [0.25, 0.3) is 0 Å². The van der Waals surface area contributed by atoms with E-state index in [-0.39, 0.29) is 34.6 Å². The molecule has 1 aromatic heterocycles. The van der Waals surface area contributed by atoms with E-state index in [1.807, 2.05) is 0 Å². The Morgan fingerprint density at radius 2 is 1.32 bits per heavy atom. The molecule has 3 aromatic rings. The Bertz CT molecular complexity index is 1990.